The third-order valence-corrected chi connectivity index (χ3v) is 7.57. The summed E-state index contributed by atoms with van der Waals surface area (Å²) in [5, 5.41) is 13.0. The summed E-state index contributed by atoms with van der Waals surface area (Å²) in [6, 6.07) is 21.1. The average Bonchev–Trinajstić information content (AvgIpc) is 3.33. The smallest absolute Gasteiger partial charge is 0.280 e. The molecule has 1 saturated heterocycles. The number of carbonyl (C=O) groups excluding carboxylic acids is 2. The lowest BCUT2D eigenvalue weighted by molar-refractivity contribution is -0.118. The fraction of sp³-hybridized carbons (Fsp3) is 0.182. The predicted molar refractivity (Wildman–Crippen MR) is 183 cm³/mol. The number of azo groups is 1. The number of methoxy groups -OCH3 is 1. The first-order valence-electron chi connectivity index (χ1n) is 14.2. The summed E-state index contributed by atoms with van der Waals surface area (Å²) in [5.41, 5.74) is 6.15. The molecule has 14 heteroatoms. The standard InChI is InChI=1S/C33H29Cl3N6O5/c1-19-7-12-28(20(2)13-19)46-17-29(43)38-23-5-4-6-25(16-23)47-18-37-32-30(40-39-22-8-10-24(45-3)11-9-22)33(44)42(41-32)31-26(35)14-21(34)15-27(31)36/h4-16,30H,17-18H2,1-3H3,(H,37,41)(H,38,43). The number of anilines is 2. The van der Waals surface area contributed by atoms with E-state index in [0.717, 1.165) is 16.1 Å². The average molecular weight is 696 g/mol. The molecule has 242 valence electrons. The molecule has 1 fully saturated rings. The third kappa shape index (κ3) is 8.50. The second-order valence-electron chi connectivity index (χ2n) is 10.3. The molecule has 2 N–H and O–H groups in total. The summed E-state index contributed by atoms with van der Waals surface area (Å²) < 4.78 is 16.7. The van der Waals surface area contributed by atoms with Crippen LogP contribution in [0.4, 0.5) is 17.1 Å². The number of nitrogens with zero attached hydrogens (tertiary/aromatic N) is 4. The number of hydrogen-bond donors (Lipinski definition) is 2. The minimum atomic E-state index is -1.16. The Balaban J connectivity index is 1.28. The highest BCUT2D eigenvalue weighted by molar-refractivity contribution is 6.43. The molecule has 0 bridgehead atoms. The minimum Gasteiger partial charge on any atom is -0.497 e. The van der Waals surface area contributed by atoms with Crippen LogP contribution in [0.3, 0.4) is 0 Å². The number of amides is 2. The quantitative estimate of drug-likeness (QED) is 0.155. The first kappa shape index (κ1) is 33.5. The number of hydrazine groups is 1. The van der Waals surface area contributed by atoms with Gasteiger partial charge in [-0.25, -0.2) is 10.0 Å². The topological polar surface area (TPSA) is 126 Å². The van der Waals surface area contributed by atoms with Gasteiger partial charge in [-0.15, -0.1) is 0 Å². The van der Waals surface area contributed by atoms with Crippen LogP contribution in [0, 0.1) is 13.8 Å². The van der Waals surface area contributed by atoms with E-state index in [2.05, 4.69) is 26.0 Å². The Labute approximate surface area is 286 Å². The number of carbonyl (C=O) groups is 2. The van der Waals surface area contributed by atoms with E-state index in [0.29, 0.717) is 33.6 Å². The van der Waals surface area contributed by atoms with Gasteiger partial charge in [0.05, 0.1) is 22.8 Å². The number of rotatable bonds is 11. The van der Waals surface area contributed by atoms with Crippen LogP contribution in [0.1, 0.15) is 11.1 Å². The van der Waals surface area contributed by atoms with Crippen LogP contribution in [0.15, 0.2) is 94.1 Å². The fourth-order valence-electron chi connectivity index (χ4n) is 4.53. The van der Waals surface area contributed by atoms with Crippen molar-refractivity contribution in [3.63, 3.8) is 0 Å². The summed E-state index contributed by atoms with van der Waals surface area (Å²) in [6.45, 7) is 3.55. The number of aryl methyl sites for hydroxylation is 2. The summed E-state index contributed by atoms with van der Waals surface area (Å²) in [4.78, 5) is 30.5. The summed E-state index contributed by atoms with van der Waals surface area (Å²) >= 11 is 18.9. The summed E-state index contributed by atoms with van der Waals surface area (Å²) in [6.07, 6.45) is 0. The van der Waals surface area contributed by atoms with Crippen LogP contribution in [0.5, 0.6) is 17.2 Å². The van der Waals surface area contributed by atoms with Crippen molar-refractivity contribution in [3.8, 4) is 17.2 Å². The van der Waals surface area contributed by atoms with E-state index in [9.17, 15) is 9.59 Å². The zero-order chi connectivity index (χ0) is 33.5. The van der Waals surface area contributed by atoms with E-state index in [4.69, 9.17) is 49.0 Å². The van der Waals surface area contributed by atoms with Crippen molar-refractivity contribution in [2.45, 2.75) is 19.9 Å². The molecule has 1 aliphatic heterocycles. The van der Waals surface area contributed by atoms with Gasteiger partial charge in [0.25, 0.3) is 11.8 Å². The lowest BCUT2D eigenvalue weighted by Gasteiger charge is -2.19. The van der Waals surface area contributed by atoms with Gasteiger partial charge in [0.1, 0.15) is 22.9 Å². The zero-order valence-corrected chi connectivity index (χ0v) is 27.7. The minimum absolute atomic E-state index is 0.141. The van der Waals surface area contributed by atoms with Crippen LogP contribution in [0.25, 0.3) is 0 Å². The molecule has 1 aliphatic rings. The van der Waals surface area contributed by atoms with Gasteiger partial charge in [-0.05, 0) is 74.0 Å². The maximum absolute atomic E-state index is 13.6. The number of amidine groups is 1. The van der Waals surface area contributed by atoms with Gasteiger partial charge in [-0.1, -0.05) is 58.6 Å². The normalized spacial score (nSPS) is 15.2. The van der Waals surface area contributed by atoms with Gasteiger partial charge in [-0.3, -0.25) is 15.0 Å². The Morgan fingerprint density at radius 3 is 2.38 bits per heavy atom. The lowest BCUT2D eigenvalue weighted by atomic mass is 10.1. The maximum Gasteiger partial charge on any atom is 0.280 e. The van der Waals surface area contributed by atoms with Crippen molar-refractivity contribution >= 4 is 69.5 Å². The number of nitrogens with one attached hydrogen (secondary N) is 2. The molecule has 1 atom stereocenters. The number of hydrogen-bond acceptors (Lipinski definition) is 8. The van der Waals surface area contributed by atoms with Crippen molar-refractivity contribution < 1.29 is 23.8 Å². The van der Waals surface area contributed by atoms with Crippen molar-refractivity contribution in [2.24, 2.45) is 15.2 Å². The van der Waals surface area contributed by atoms with Crippen molar-refractivity contribution in [1.29, 1.82) is 0 Å². The molecule has 2 amide bonds. The Bertz CT molecular complexity index is 1830. The van der Waals surface area contributed by atoms with Gasteiger partial charge in [0.15, 0.2) is 19.2 Å². The van der Waals surface area contributed by atoms with E-state index in [1.807, 2.05) is 32.0 Å². The van der Waals surface area contributed by atoms with Gasteiger partial charge in [0, 0.05) is 16.8 Å². The van der Waals surface area contributed by atoms with E-state index >= 15 is 0 Å². The largest absolute Gasteiger partial charge is 0.497 e. The number of aliphatic imine (C=N–C) groups is 1. The number of benzene rings is 4. The Morgan fingerprint density at radius 2 is 1.68 bits per heavy atom. The molecule has 4 aromatic carbocycles. The molecule has 0 aromatic heterocycles. The third-order valence-electron chi connectivity index (χ3n) is 6.78. The molecular formula is C33H29Cl3N6O5. The van der Waals surface area contributed by atoms with Crippen LogP contribution in [0.2, 0.25) is 15.1 Å². The maximum atomic E-state index is 13.6. The molecular weight excluding hydrogens is 667 g/mol. The van der Waals surface area contributed by atoms with Crippen LogP contribution >= 0.6 is 34.8 Å². The molecule has 0 radical (unpaired) electrons. The first-order valence-corrected chi connectivity index (χ1v) is 15.3. The summed E-state index contributed by atoms with van der Waals surface area (Å²) in [7, 11) is 1.56. The highest BCUT2D eigenvalue weighted by Gasteiger charge is 2.40. The second kappa shape index (κ2) is 15.2. The first-order chi connectivity index (χ1) is 22.6. The number of ether oxygens (including phenoxy) is 3. The molecule has 0 saturated carbocycles. The predicted octanol–water partition coefficient (Wildman–Crippen LogP) is 7.73. The molecule has 4 aromatic rings. The van der Waals surface area contributed by atoms with Crippen molar-refractivity contribution in [2.75, 3.05) is 30.8 Å². The van der Waals surface area contributed by atoms with Crippen LogP contribution in [-0.4, -0.2) is 44.1 Å². The van der Waals surface area contributed by atoms with Crippen molar-refractivity contribution in [3.05, 3.63) is 105 Å². The molecule has 0 spiro atoms. The van der Waals surface area contributed by atoms with Gasteiger partial charge < -0.3 is 19.5 Å². The molecule has 11 nitrogen and oxygen atoms in total. The van der Waals surface area contributed by atoms with Crippen LogP contribution in [-0.2, 0) is 9.59 Å². The Kier molecular flexibility index (Phi) is 10.8. The summed E-state index contributed by atoms with van der Waals surface area (Å²) in [5.74, 6) is 0.989. The van der Waals surface area contributed by atoms with E-state index < -0.39 is 11.9 Å². The van der Waals surface area contributed by atoms with E-state index in [1.54, 1.807) is 55.6 Å². The zero-order valence-electron chi connectivity index (χ0n) is 25.5. The fourth-order valence-corrected chi connectivity index (χ4v) is 5.51. The monoisotopic (exact) mass is 694 g/mol. The second-order valence-corrected chi connectivity index (χ2v) is 11.5. The molecule has 1 heterocycles. The Hall–Kier alpha value is -4.84. The number of halogens is 3. The molecule has 0 aliphatic carbocycles. The van der Waals surface area contributed by atoms with Gasteiger partial charge >= 0.3 is 0 Å². The highest BCUT2D eigenvalue weighted by Crippen LogP contribution is 2.37. The lowest BCUT2D eigenvalue weighted by Crippen LogP contribution is -2.36. The molecule has 47 heavy (non-hydrogen) atoms. The highest BCUT2D eigenvalue weighted by atomic mass is 35.5. The SMILES string of the molecule is COc1ccc(N=NC2C(=O)N(c3c(Cl)cc(Cl)cc3Cl)N/C2=N/COc2cccc(NC(=O)COc3ccc(C)cc3C)c2)cc1. The Morgan fingerprint density at radius 1 is 0.936 bits per heavy atom. The van der Waals surface area contributed by atoms with Crippen LogP contribution < -0.4 is 30.0 Å². The molecule has 5 rings (SSSR count). The van der Waals surface area contributed by atoms with E-state index in [1.165, 1.54) is 12.1 Å². The van der Waals surface area contributed by atoms with Gasteiger partial charge in [-0.2, -0.15) is 10.2 Å². The van der Waals surface area contributed by atoms with E-state index in [-0.39, 0.29) is 40.8 Å². The molecule has 1 unspecified atom stereocenters. The van der Waals surface area contributed by atoms with Gasteiger partial charge in [0.2, 0.25) is 6.04 Å². The van der Waals surface area contributed by atoms with Crippen molar-refractivity contribution in [1.82, 2.24) is 5.43 Å².